The minimum absolute atomic E-state index is 0.456. The van der Waals surface area contributed by atoms with E-state index in [1.807, 2.05) is 19.1 Å². The van der Waals surface area contributed by atoms with Crippen molar-refractivity contribution in [2.45, 2.75) is 13.3 Å². The molecule has 1 aromatic heterocycles. The molecule has 0 radical (unpaired) electrons. The Bertz CT molecular complexity index is 632. The number of benzene rings is 1. The standard InChI is InChI=1S/C14H18N4OS/c1-10-17-12-9-13(11(16)8-14(12)20-10)18(5-3-4-15)6-7-19-2/h8-9H,3,5-7,16H2,1-2H3. The molecule has 1 aromatic carbocycles. The maximum absolute atomic E-state index is 8.78. The van der Waals surface area contributed by atoms with Gasteiger partial charge in [-0.2, -0.15) is 5.26 Å². The van der Waals surface area contributed by atoms with E-state index < -0.39 is 0 Å². The van der Waals surface area contributed by atoms with Crippen molar-refractivity contribution in [3.8, 4) is 6.07 Å². The third-order valence-electron chi connectivity index (χ3n) is 3.04. The van der Waals surface area contributed by atoms with Gasteiger partial charge in [-0.1, -0.05) is 0 Å². The van der Waals surface area contributed by atoms with E-state index in [0.29, 0.717) is 26.1 Å². The van der Waals surface area contributed by atoms with Crippen molar-refractivity contribution in [2.75, 3.05) is 37.4 Å². The molecule has 0 aliphatic carbocycles. The Balaban J connectivity index is 2.35. The minimum Gasteiger partial charge on any atom is -0.397 e. The molecule has 0 aliphatic rings. The van der Waals surface area contributed by atoms with Gasteiger partial charge in [0.05, 0.1) is 45.7 Å². The lowest BCUT2D eigenvalue weighted by Crippen LogP contribution is -2.28. The first-order valence-electron chi connectivity index (χ1n) is 6.43. The van der Waals surface area contributed by atoms with Gasteiger partial charge >= 0.3 is 0 Å². The minimum atomic E-state index is 0.456. The fraction of sp³-hybridized carbons (Fsp3) is 0.429. The van der Waals surface area contributed by atoms with Crippen LogP contribution in [0.1, 0.15) is 11.4 Å². The zero-order chi connectivity index (χ0) is 14.5. The van der Waals surface area contributed by atoms with Crippen LogP contribution in [0.15, 0.2) is 12.1 Å². The number of rotatable bonds is 6. The van der Waals surface area contributed by atoms with E-state index in [0.717, 1.165) is 26.6 Å². The van der Waals surface area contributed by atoms with E-state index in [1.54, 1.807) is 18.4 Å². The Morgan fingerprint density at radius 3 is 2.95 bits per heavy atom. The van der Waals surface area contributed by atoms with Crippen LogP contribution < -0.4 is 10.6 Å². The van der Waals surface area contributed by atoms with Gasteiger partial charge in [0.2, 0.25) is 0 Å². The van der Waals surface area contributed by atoms with Crippen molar-refractivity contribution >= 4 is 32.9 Å². The van der Waals surface area contributed by atoms with Crippen molar-refractivity contribution in [1.29, 1.82) is 5.26 Å². The van der Waals surface area contributed by atoms with Crippen LogP contribution in [-0.2, 0) is 4.74 Å². The molecule has 5 nitrogen and oxygen atoms in total. The summed E-state index contributed by atoms with van der Waals surface area (Å²) in [6, 6.07) is 6.13. The predicted octanol–water partition coefficient (Wildman–Crippen LogP) is 2.55. The Hall–Kier alpha value is -1.84. The second kappa shape index (κ2) is 6.55. The number of nitriles is 1. The van der Waals surface area contributed by atoms with Gasteiger partial charge in [-0.05, 0) is 19.1 Å². The highest BCUT2D eigenvalue weighted by Crippen LogP contribution is 2.32. The van der Waals surface area contributed by atoms with E-state index in [1.165, 1.54) is 0 Å². The maximum atomic E-state index is 8.78. The van der Waals surface area contributed by atoms with Crippen LogP contribution in [0, 0.1) is 18.3 Å². The van der Waals surface area contributed by atoms with Crippen LogP contribution in [0.3, 0.4) is 0 Å². The molecule has 0 fully saturated rings. The number of nitrogen functional groups attached to an aromatic ring is 1. The molecule has 0 bridgehead atoms. The lowest BCUT2D eigenvalue weighted by molar-refractivity contribution is 0.205. The summed E-state index contributed by atoms with van der Waals surface area (Å²) in [6.45, 7) is 3.92. The predicted molar refractivity (Wildman–Crippen MR) is 83.1 cm³/mol. The van der Waals surface area contributed by atoms with Crippen molar-refractivity contribution < 1.29 is 4.74 Å². The summed E-state index contributed by atoms with van der Waals surface area (Å²) in [4.78, 5) is 6.58. The smallest absolute Gasteiger partial charge is 0.0907 e. The quantitative estimate of drug-likeness (QED) is 0.827. The van der Waals surface area contributed by atoms with Crippen LogP contribution >= 0.6 is 11.3 Å². The number of aromatic nitrogens is 1. The lowest BCUT2D eigenvalue weighted by atomic mass is 10.2. The first kappa shape index (κ1) is 14.6. The molecule has 1 heterocycles. The van der Waals surface area contributed by atoms with Gasteiger partial charge in [-0.25, -0.2) is 4.98 Å². The number of methoxy groups -OCH3 is 1. The zero-order valence-corrected chi connectivity index (χ0v) is 12.5. The van der Waals surface area contributed by atoms with E-state index >= 15 is 0 Å². The number of anilines is 2. The van der Waals surface area contributed by atoms with E-state index in [9.17, 15) is 0 Å². The molecule has 0 saturated carbocycles. The molecule has 0 unspecified atom stereocenters. The number of hydrogen-bond donors (Lipinski definition) is 1. The van der Waals surface area contributed by atoms with Crippen molar-refractivity contribution in [3.05, 3.63) is 17.1 Å². The van der Waals surface area contributed by atoms with Gasteiger partial charge in [0.25, 0.3) is 0 Å². The molecule has 2 rings (SSSR count). The second-order valence-corrected chi connectivity index (χ2v) is 5.73. The molecule has 0 amide bonds. The monoisotopic (exact) mass is 290 g/mol. The van der Waals surface area contributed by atoms with Crippen molar-refractivity contribution in [3.63, 3.8) is 0 Å². The number of hydrogen-bond acceptors (Lipinski definition) is 6. The van der Waals surface area contributed by atoms with Gasteiger partial charge in [0.1, 0.15) is 0 Å². The highest BCUT2D eigenvalue weighted by molar-refractivity contribution is 7.18. The number of ether oxygens (including phenoxy) is 1. The molecule has 6 heteroatoms. The first-order chi connectivity index (χ1) is 9.65. The molecule has 106 valence electrons. The average Bonchev–Trinajstić information content (AvgIpc) is 2.77. The van der Waals surface area contributed by atoms with E-state index in [-0.39, 0.29) is 0 Å². The normalized spacial score (nSPS) is 10.7. The molecule has 0 atom stereocenters. The third-order valence-corrected chi connectivity index (χ3v) is 3.98. The van der Waals surface area contributed by atoms with Crippen molar-refractivity contribution in [1.82, 2.24) is 4.98 Å². The summed E-state index contributed by atoms with van der Waals surface area (Å²) in [5.41, 5.74) is 8.75. The first-order valence-corrected chi connectivity index (χ1v) is 7.25. The maximum Gasteiger partial charge on any atom is 0.0907 e. The Morgan fingerprint density at radius 1 is 1.45 bits per heavy atom. The Labute approximate surface area is 122 Å². The summed E-state index contributed by atoms with van der Waals surface area (Å²) < 4.78 is 6.22. The second-order valence-electron chi connectivity index (χ2n) is 4.50. The van der Waals surface area contributed by atoms with Crippen LogP contribution in [0.4, 0.5) is 11.4 Å². The van der Waals surface area contributed by atoms with E-state index in [2.05, 4.69) is 16.0 Å². The number of thiazole rings is 1. The highest BCUT2D eigenvalue weighted by Gasteiger charge is 2.12. The lowest BCUT2D eigenvalue weighted by Gasteiger charge is -2.24. The highest BCUT2D eigenvalue weighted by atomic mass is 32.1. The largest absolute Gasteiger partial charge is 0.397 e. The summed E-state index contributed by atoms with van der Waals surface area (Å²) >= 11 is 1.64. The molecule has 0 aliphatic heterocycles. The molecule has 20 heavy (non-hydrogen) atoms. The van der Waals surface area contributed by atoms with Gasteiger partial charge < -0.3 is 15.4 Å². The average molecular weight is 290 g/mol. The fourth-order valence-electron chi connectivity index (χ4n) is 2.11. The zero-order valence-electron chi connectivity index (χ0n) is 11.7. The van der Waals surface area contributed by atoms with Gasteiger partial charge in [0.15, 0.2) is 0 Å². The van der Waals surface area contributed by atoms with Crippen LogP contribution in [0.2, 0.25) is 0 Å². The summed E-state index contributed by atoms with van der Waals surface area (Å²) in [6.07, 6.45) is 0.456. The summed E-state index contributed by atoms with van der Waals surface area (Å²) in [5, 5.41) is 9.81. The molecule has 2 aromatic rings. The van der Waals surface area contributed by atoms with Gasteiger partial charge in [-0.15, -0.1) is 11.3 Å². The van der Waals surface area contributed by atoms with E-state index in [4.69, 9.17) is 15.7 Å². The number of aryl methyl sites for hydroxylation is 1. The third kappa shape index (κ3) is 3.18. The fourth-order valence-corrected chi connectivity index (χ4v) is 2.96. The molecular formula is C14H18N4OS. The van der Waals surface area contributed by atoms with Crippen LogP contribution in [0.25, 0.3) is 10.2 Å². The van der Waals surface area contributed by atoms with Gasteiger partial charge in [-0.3, -0.25) is 0 Å². The van der Waals surface area contributed by atoms with Crippen LogP contribution in [-0.4, -0.2) is 31.8 Å². The van der Waals surface area contributed by atoms with Crippen molar-refractivity contribution in [2.24, 2.45) is 0 Å². The Morgan fingerprint density at radius 2 is 2.25 bits per heavy atom. The molecule has 0 saturated heterocycles. The summed E-state index contributed by atoms with van der Waals surface area (Å²) in [7, 11) is 1.67. The molecule has 0 spiro atoms. The van der Waals surface area contributed by atoms with Crippen LogP contribution in [0.5, 0.6) is 0 Å². The number of nitrogens with two attached hydrogens (primary N) is 1. The van der Waals surface area contributed by atoms with Gasteiger partial charge in [0, 0.05) is 20.2 Å². The Kier molecular flexibility index (Phi) is 4.77. The molecule has 2 N–H and O–H groups in total. The summed E-state index contributed by atoms with van der Waals surface area (Å²) in [5.74, 6) is 0. The SMILES string of the molecule is COCCN(CCC#N)c1cc2nc(C)sc2cc1N. The number of nitrogens with zero attached hydrogens (tertiary/aromatic N) is 3. The molecular weight excluding hydrogens is 272 g/mol. The topological polar surface area (TPSA) is 75.2 Å². The number of fused-ring (bicyclic) bond motifs is 1.